The Hall–Kier alpha value is -0.0400. The van der Waals surface area contributed by atoms with Crippen molar-refractivity contribution >= 4 is 0 Å². The number of nitrogens with zero attached hydrogens (tertiary/aromatic N) is 1. The van der Waals surface area contributed by atoms with E-state index in [1.807, 2.05) is 0 Å². The monoisotopic (exact) mass is 253 g/mol. The molecule has 1 fully saturated rings. The molecule has 0 bridgehead atoms. The van der Waals surface area contributed by atoms with Gasteiger partial charge >= 0.3 is 0 Å². The van der Waals surface area contributed by atoms with Crippen molar-refractivity contribution in [1.82, 2.24) is 4.90 Å². The summed E-state index contributed by atoms with van der Waals surface area (Å²) in [7, 11) is 0. The first-order valence-corrected chi connectivity index (χ1v) is 8.48. The van der Waals surface area contributed by atoms with Gasteiger partial charge in [0.15, 0.2) is 0 Å². The molecular weight excluding hydrogens is 218 g/mol. The summed E-state index contributed by atoms with van der Waals surface area (Å²) in [6.45, 7) is 9.89. The van der Waals surface area contributed by atoms with Gasteiger partial charge in [-0.15, -0.1) is 0 Å². The van der Waals surface area contributed by atoms with Crippen molar-refractivity contribution in [2.45, 2.75) is 96.9 Å². The van der Waals surface area contributed by atoms with Crippen LogP contribution >= 0.6 is 0 Å². The third kappa shape index (κ3) is 5.30. The Bertz CT molecular complexity index is 184. The number of piperidine rings is 1. The first-order valence-electron chi connectivity index (χ1n) is 8.48. The highest BCUT2D eigenvalue weighted by Crippen LogP contribution is 2.31. The van der Waals surface area contributed by atoms with Gasteiger partial charge < -0.3 is 0 Å². The number of likely N-dealkylation sites (tertiary alicyclic amines) is 1. The van der Waals surface area contributed by atoms with Crippen molar-refractivity contribution in [1.29, 1.82) is 0 Å². The molecule has 0 radical (unpaired) electrons. The van der Waals surface area contributed by atoms with E-state index in [0.29, 0.717) is 5.54 Å². The molecule has 0 N–H and O–H groups in total. The molecule has 108 valence electrons. The summed E-state index contributed by atoms with van der Waals surface area (Å²) in [5.41, 5.74) is 0.505. The van der Waals surface area contributed by atoms with Crippen LogP contribution in [0.3, 0.4) is 0 Å². The zero-order valence-electron chi connectivity index (χ0n) is 13.1. The van der Waals surface area contributed by atoms with E-state index in [2.05, 4.69) is 25.7 Å². The SMILES string of the molecule is CCCCCC(C)(CCCCC)N1CCCCC1. The van der Waals surface area contributed by atoms with Gasteiger partial charge in [-0.3, -0.25) is 4.90 Å². The minimum absolute atomic E-state index is 0.505. The van der Waals surface area contributed by atoms with Gasteiger partial charge in [-0.25, -0.2) is 0 Å². The Balaban J connectivity index is 2.47. The Labute approximate surface area is 115 Å². The molecule has 0 saturated carbocycles. The standard InChI is InChI=1S/C17H35N/c1-4-6-9-13-17(3,14-10-7-5-2)18-15-11-8-12-16-18/h4-16H2,1-3H3. The lowest BCUT2D eigenvalue weighted by Crippen LogP contribution is -2.48. The second-order valence-corrected chi connectivity index (χ2v) is 6.46. The van der Waals surface area contributed by atoms with Crippen LogP contribution in [0.2, 0.25) is 0 Å². The fraction of sp³-hybridized carbons (Fsp3) is 1.00. The van der Waals surface area contributed by atoms with E-state index in [0.717, 1.165) is 0 Å². The fourth-order valence-corrected chi connectivity index (χ4v) is 3.39. The van der Waals surface area contributed by atoms with Crippen molar-refractivity contribution < 1.29 is 0 Å². The molecule has 1 aliphatic rings. The van der Waals surface area contributed by atoms with E-state index in [4.69, 9.17) is 0 Å². The average Bonchev–Trinajstić information content (AvgIpc) is 2.40. The molecule has 1 aliphatic heterocycles. The van der Waals surface area contributed by atoms with Gasteiger partial charge in [0.2, 0.25) is 0 Å². The molecule has 0 aromatic carbocycles. The van der Waals surface area contributed by atoms with Gasteiger partial charge in [0.1, 0.15) is 0 Å². The second-order valence-electron chi connectivity index (χ2n) is 6.46. The van der Waals surface area contributed by atoms with Crippen LogP contribution in [0.5, 0.6) is 0 Å². The Morgan fingerprint density at radius 2 is 1.28 bits per heavy atom. The summed E-state index contributed by atoms with van der Waals surface area (Å²) < 4.78 is 0. The maximum Gasteiger partial charge on any atom is 0.0181 e. The normalized spacial score (nSPS) is 18.2. The lowest BCUT2D eigenvalue weighted by molar-refractivity contribution is 0.0608. The smallest absolute Gasteiger partial charge is 0.0181 e. The number of rotatable bonds is 9. The second kappa shape index (κ2) is 8.96. The molecule has 0 aliphatic carbocycles. The zero-order chi connectivity index (χ0) is 13.3. The van der Waals surface area contributed by atoms with Crippen molar-refractivity contribution in [2.24, 2.45) is 0 Å². The third-order valence-corrected chi connectivity index (χ3v) is 4.76. The Morgan fingerprint density at radius 1 is 0.778 bits per heavy atom. The number of unbranched alkanes of at least 4 members (excludes halogenated alkanes) is 4. The lowest BCUT2D eigenvalue weighted by Gasteiger charge is -2.44. The van der Waals surface area contributed by atoms with Crippen LogP contribution in [0.1, 0.15) is 91.4 Å². The summed E-state index contributed by atoms with van der Waals surface area (Å²) in [5, 5.41) is 0. The first kappa shape index (κ1) is 16.0. The predicted octanol–water partition coefficient (Wildman–Crippen LogP) is 5.39. The highest BCUT2D eigenvalue weighted by atomic mass is 15.2. The van der Waals surface area contributed by atoms with E-state index in [1.54, 1.807) is 0 Å². The van der Waals surface area contributed by atoms with E-state index in [-0.39, 0.29) is 0 Å². The van der Waals surface area contributed by atoms with E-state index < -0.39 is 0 Å². The molecule has 0 aromatic heterocycles. The van der Waals surface area contributed by atoms with E-state index in [1.165, 1.54) is 83.7 Å². The number of hydrogen-bond acceptors (Lipinski definition) is 1. The summed E-state index contributed by atoms with van der Waals surface area (Å²) >= 11 is 0. The van der Waals surface area contributed by atoms with Crippen LogP contribution in [-0.4, -0.2) is 23.5 Å². The van der Waals surface area contributed by atoms with Gasteiger partial charge in [0, 0.05) is 5.54 Å². The van der Waals surface area contributed by atoms with Gasteiger partial charge in [-0.05, 0) is 45.7 Å². The topological polar surface area (TPSA) is 3.24 Å². The van der Waals surface area contributed by atoms with Gasteiger partial charge in [-0.2, -0.15) is 0 Å². The van der Waals surface area contributed by atoms with Gasteiger partial charge in [-0.1, -0.05) is 58.8 Å². The molecule has 0 unspecified atom stereocenters. The highest BCUT2D eigenvalue weighted by Gasteiger charge is 2.31. The van der Waals surface area contributed by atoms with E-state index in [9.17, 15) is 0 Å². The van der Waals surface area contributed by atoms with Crippen molar-refractivity contribution in [3.05, 3.63) is 0 Å². The zero-order valence-corrected chi connectivity index (χ0v) is 13.1. The fourth-order valence-electron chi connectivity index (χ4n) is 3.39. The summed E-state index contributed by atoms with van der Waals surface area (Å²) in [5.74, 6) is 0. The molecule has 0 atom stereocenters. The van der Waals surface area contributed by atoms with Crippen LogP contribution in [0.25, 0.3) is 0 Å². The maximum atomic E-state index is 2.82. The maximum absolute atomic E-state index is 2.82. The summed E-state index contributed by atoms with van der Waals surface area (Å²) in [6.07, 6.45) is 15.5. The molecule has 1 heteroatoms. The molecule has 18 heavy (non-hydrogen) atoms. The van der Waals surface area contributed by atoms with E-state index >= 15 is 0 Å². The highest BCUT2D eigenvalue weighted by molar-refractivity contribution is 4.87. The minimum Gasteiger partial charge on any atom is -0.298 e. The number of hydrogen-bond donors (Lipinski definition) is 0. The molecule has 1 nitrogen and oxygen atoms in total. The first-order chi connectivity index (χ1) is 8.73. The molecule has 1 rings (SSSR count). The van der Waals surface area contributed by atoms with Crippen LogP contribution in [-0.2, 0) is 0 Å². The molecule has 0 spiro atoms. The molecule has 1 heterocycles. The predicted molar refractivity (Wildman–Crippen MR) is 82.1 cm³/mol. The summed E-state index contributed by atoms with van der Waals surface area (Å²) in [6, 6.07) is 0. The van der Waals surface area contributed by atoms with Crippen LogP contribution in [0, 0.1) is 0 Å². The quantitative estimate of drug-likeness (QED) is 0.498. The van der Waals surface area contributed by atoms with Crippen LogP contribution in [0.15, 0.2) is 0 Å². The third-order valence-electron chi connectivity index (χ3n) is 4.76. The molecule has 0 amide bonds. The van der Waals surface area contributed by atoms with Crippen LogP contribution < -0.4 is 0 Å². The molecule has 0 aromatic rings. The van der Waals surface area contributed by atoms with Crippen LogP contribution in [0.4, 0.5) is 0 Å². The Morgan fingerprint density at radius 3 is 1.72 bits per heavy atom. The Kier molecular flexibility index (Phi) is 7.97. The van der Waals surface area contributed by atoms with Gasteiger partial charge in [0.25, 0.3) is 0 Å². The van der Waals surface area contributed by atoms with Gasteiger partial charge in [0.05, 0.1) is 0 Å². The van der Waals surface area contributed by atoms with Crippen molar-refractivity contribution in [2.75, 3.05) is 13.1 Å². The van der Waals surface area contributed by atoms with Crippen molar-refractivity contribution in [3.63, 3.8) is 0 Å². The summed E-state index contributed by atoms with van der Waals surface area (Å²) in [4.78, 5) is 2.82. The lowest BCUT2D eigenvalue weighted by atomic mass is 9.85. The molecular formula is C17H35N. The molecule has 1 saturated heterocycles. The average molecular weight is 253 g/mol. The minimum atomic E-state index is 0.505. The largest absolute Gasteiger partial charge is 0.298 e. The van der Waals surface area contributed by atoms with Crippen molar-refractivity contribution in [3.8, 4) is 0 Å².